The predicted molar refractivity (Wildman–Crippen MR) is 88.7 cm³/mol. The molecule has 0 saturated carbocycles. The molecule has 0 spiro atoms. The minimum Gasteiger partial charge on any atom is -0.380 e. The first-order valence-corrected chi connectivity index (χ1v) is 8.61. The Balaban J connectivity index is 1.84. The average Bonchev–Trinajstić information content (AvgIpc) is 2.86. The van der Waals surface area contributed by atoms with E-state index in [9.17, 15) is 8.42 Å². The smallest absolute Gasteiger partial charge is 0.238 e. The van der Waals surface area contributed by atoms with Gasteiger partial charge in [-0.2, -0.15) is 5.10 Å². The zero-order chi connectivity index (χ0) is 16.6. The fourth-order valence-corrected chi connectivity index (χ4v) is 2.93. The van der Waals surface area contributed by atoms with E-state index in [-0.39, 0.29) is 4.90 Å². The van der Waals surface area contributed by atoms with E-state index in [4.69, 9.17) is 16.7 Å². The van der Waals surface area contributed by atoms with Gasteiger partial charge in [0.2, 0.25) is 10.0 Å². The number of sulfonamides is 1. The number of aromatic nitrogens is 3. The summed E-state index contributed by atoms with van der Waals surface area (Å²) >= 11 is 6.03. The molecule has 0 unspecified atom stereocenters. The standard InChI is InChI=1S/C14H14ClN5O2S/c1-20-14-11(8-18-20)12(6-13(15)19-14)17-7-9-2-4-10(5-3-9)23(16,21)22/h2-6,8H,7H2,1H3,(H,17,19)(H2,16,21,22). The van der Waals surface area contributed by atoms with E-state index in [1.165, 1.54) is 12.1 Å². The van der Waals surface area contributed by atoms with Crippen LogP contribution in [0.5, 0.6) is 0 Å². The number of nitrogens with zero attached hydrogens (tertiary/aromatic N) is 3. The normalized spacial score (nSPS) is 11.8. The highest BCUT2D eigenvalue weighted by Gasteiger charge is 2.10. The van der Waals surface area contributed by atoms with Crippen molar-refractivity contribution in [2.24, 2.45) is 12.2 Å². The molecule has 23 heavy (non-hydrogen) atoms. The molecule has 0 radical (unpaired) electrons. The number of anilines is 1. The highest BCUT2D eigenvalue weighted by Crippen LogP contribution is 2.25. The molecule has 0 aliphatic rings. The van der Waals surface area contributed by atoms with E-state index in [0.717, 1.165) is 16.6 Å². The first-order valence-electron chi connectivity index (χ1n) is 6.68. The Bertz CT molecular complexity index is 967. The highest BCUT2D eigenvalue weighted by molar-refractivity contribution is 7.89. The van der Waals surface area contributed by atoms with Crippen molar-refractivity contribution in [1.29, 1.82) is 0 Å². The Morgan fingerprint density at radius 2 is 2.00 bits per heavy atom. The molecule has 2 heterocycles. The number of rotatable bonds is 4. The first kappa shape index (κ1) is 15.7. The van der Waals surface area contributed by atoms with Gasteiger partial charge in [0.25, 0.3) is 0 Å². The fraction of sp³-hybridized carbons (Fsp3) is 0.143. The van der Waals surface area contributed by atoms with E-state index >= 15 is 0 Å². The van der Waals surface area contributed by atoms with Crippen molar-refractivity contribution in [3.63, 3.8) is 0 Å². The SMILES string of the molecule is Cn1ncc2c(NCc3ccc(S(N)(=O)=O)cc3)cc(Cl)nc21. The third-order valence-electron chi connectivity index (χ3n) is 3.41. The van der Waals surface area contributed by atoms with Gasteiger partial charge >= 0.3 is 0 Å². The van der Waals surface area contributed by atoms with Crippen LogP contribution >= 0.6 is 11.6 Å². The second kappa shape index (κ2) is 5.80. The Kier molecular flexibility index (Phi) is 3.97. The summed E-state index contributed by atoms with van der Waals surface area (Å²) in [5.41, 5.74) is 2.40. The predicted octanol–water partition coefficient (Wildman–Crippen LogP) is 1.88. The molecule has 0 aliphatic carbocycles. The fourth-order valence-electron chi connectivity index (χ4n) is 2.22. The Morgan fingerprint density at radius 1 is 1.30 bits per heavy atom. The molecule has 2 aromatic heterocycles. The number of nitrogens with two attached hydrogens (primary N) is 1. The number of primary sulfonamides is 1. The van der Waals surface area contributed by atoms with E-state index in [1.54, 1.807) is 36.1 Å². The lowest BCUT2D eigenvalue weighted by Gasteiger charge is -2.09. The number of fused-ring (bicyclic) bond motifs is 1. The molecule has 0 bridgehead atoms. The van der Waals surface area contributed by atoms with Gasteiger partial charge in [0, 0.05) is 13.6 Å². The van der Waals surface area contributed by atoms with Crippen molar-refractivity contribution in [2.45, 2.75) is 11.4 Å². The van der Waals surface area contributed by atoms with Gasteiger partial charge in [-0.25, -0.2) is 18.5 Å². The Hall–Kier alpha value is -2.16. The topological polar surface area (TPSA) is 103 Å². The zero-order valence-electron chi connectivity index (χ0n) is 12.2. The lowest BCUT2D eigenvalue weighted by atomic mass is 10.2. The van der Waals surface area contributed by atoms with Gasteiger partial charge in [0.15, 0.2) is 5.65 Å². The van der Waals surface area contributed by atoms with E-state index in [2.05, 4.69) is 15.4 Å². The van der Waals surface area contributed by atoms with Gasteiger partial charge in [-0.05, 0) is 23.8 Å². The summed E-state index contributed by atoms with van der Waals surface area (Å²) in [6, 6.07) is 8.09. The maximum Gasteiger partial charge on any atom is 0.238 e. The molecule has 3 rings (SSSR count). The number of hydrogen-bond acceptors (Lipinski definition) is 5. The maximum atomic E-state index is 11.2. The number of hydrogen-bond donors (Lipinski definition) is 2. The van der Waals surface area contributed by atoms with Crippen molar-refractivity contribution in [3.8, 4) is 0 Å². The van der Waals surface area contributed by atoms with Crippen LogP contribution in [0.3, 0.4) is 0 Å². The third kappa shape index (κ3) is 3.29. The Labute approximate surface area is 138 Å². The van der Waals surface area contributed by atoms with Crippen molar-refractivity contribution in [1.82, 2.24) is 14.8 Å². The summed E-state index contributed by atoms with van der Waals surface area (Å²) < 4.78 is 24.1. The van der Waals surface area contributed by atoms with Crippen LogP contribution in [0, 0.1) is 0 Å². The largest absolute Gasteiger partial charge is 0.380 e. The van der Waals surface area contributed by atoms with Crippen LogP contribution < -0.4 is 10.5 Å². The monoisotopic (exact) mass is 351 g/mol. The van der Waals surface area contributed by atoms with Gasteiger partial charge in [-0.3, -0.25) is 4.68 Å². The number of aryl methyl sites for hydroxylation is 1. The summed E-state index contributed by atoms with van der Waals surface area (Å²) in [6.07, 6.45) is 1.71. The first-order chi connectivity index (χ1) is 10.8. The van der Waals surface area contributed by atoms with E-state index < -0.39 is 10.0 Å². The maximum absolute atomic E-state index is 11.2. The lowest BCUT2D eigenvalue weighted by molar-refractivity contribution is 0.598. The van der Waals surface area contributed by atoms with E-state index in [1.807, 2.05) is 0 Å². The second-order valence-electron chi connectivity index (χ2n) is 5.04. The van der Waals surface area contributed by atoms with Crippen LogP contribution in [0.4, 0.5) is 5.69 Å². The molecule has 0 fully saturated rings. The molecule has 0 aliphatic heterocycles. The van der Waals surface area contributed by atoms with Crippen molar-refractivity contribution < 1.29 is 8.42 Å². The molecular formula is C14H14ClN5O2S. The molecule has 9 heteroatoms. The Morgan fingerprint density at radius 3 is 2.65 bits per heavy atom. The molecular weight excluding hydrogens is 338 g/mol. The summed E-state index contributed by atoms with van der Waals surface area (Å²) in [5.74, 6) is 0. The van der Waals surface area contributed by atoms with Gasteiger partial charge in [0.05, 0.1) is 22.2 Å². The van der Waals surface area contributed by atoms with Gasteiger partial charge in [-0.1, -0.05) is 23.7 Å². The molecule has 0 atom stereocenters. The van der Waals surface area contributed by atoms with Gasteiger partial charge in [0.1, 0.15) is 5.15 Å². The zero-order valence-corrected chi connectivity index (χ0v) is 13.8. The highest BCUT2D eigenvalue weighted by atomic mass is 35.5. The lowest BCUT2D eigenvalue weighted by Crippen LogP contribution is -2.12. The molecule has 7 nitrogen and oxygen atoms in total. The molecule has 120 valence electrons. The second-order valence-corrected chi connectivity index (χ2v) is 6.99. The molecule has 0 amide bonds. The number of halogens is 1. The van der Waals surface area contributed by atoms with Crippen LogP contribution in [-0.4, -0.2) is 23.2 Å². The van der Waals surface area contributed by atoms with Crippen LogP contribution in [-0.2, 0) is 23.6 Å². The van der Waals surface area contributed by atoms with Crippen LogP contribution in [0.2, 0.25) is 5.15 Å². The summed E-state index contributed by atoms with van der Waals surface area (Å²) in [6.45, 7) is 0.495. The van der Waals surface area contributed by atoms with Crippen LogP contribution in [0.15, 0.2) is 41.4 Å². The van der Waals surface area contributed by atoms with Gasteiger partial charge in [-0.15, -0.1) is 0 Å². The average molecular weight is 352 g/mol. The summed E-state index contributed by atoms with van der Waals surface area (Å²) in [7, 11) is -1.88. The van der Waals surface area contributed by atoms with Crippen molar-refractivity contribution in [2.75, 3.05) is 5.32 Å². The van der Waals surface area contributed by atoms with Crippen LogP contribution in [0.25, 0.3) is 11.0 Å². The minimum absolute atomic E-state index is 0.0860. The van der Waals surface area contributed by atoms with Crippen LogP contribution in [0.1, 0.15) is 5.56 Å². The van der Waals surface area contributed by atoms with Gasteiger partial charge < -0.3 is 5.32 Å². The number of nitrogens with one attached hydrogen (secondary N) is 1. The van der Waals surface area contributed by atoms with E-state index in [0.29, 0.717) is 17.3 Å². The summed E-state index contributed by atoms with van der Waals surface area (Å²) in [5, 5.41) is 13.7. The minimum atomic E-state index is -3.68. The van der Waals surface area contributed by atoms with Crippen molar-refractivity contribution >= 4 is 38.3 Å². The molecule has 1 aromatic carbocycles. The number of benzene rings is 1. The molecule has 0 saturated heterocycles. The number of pyridine rings is 1. The molecule has 3 N–H and O–H groups in total. The third-order valence-corrected chi connectivity index (χ3v) is 4.53. The summed E-state index contributed by atoms with van der Waals surface area (Å²) in [4.78, 5) is 4.32. The quantitative estimate of drug-likeness (QED) is 0.698. The molecule has 3 aromatic rings. The van der Waals surface area contributed by atoms with Crippen molar-refractivity contribution in [3.05, 3.63) is 47.2 Å².